The molecule has 1 heteroatoms. The molecule has 0 saturated carbocycles. The van der Waals surface area contributed by atoms with Crippen LogP contribution in [0.1, 0.15) is 26.3 Å². The zero-order valence-corrected chi connectivity index (χ0v) is 9.79. The summed E-state index contributed by atoms with van der Waals surface area (Å²) < 4.78 is 5.66. The van der Waals surface area contributed by atoms with Crippen LogP contribution in [0.5, 0.6) is 5.75 Å². The summed E-state index contributed by atoms with van der Waals surface area (Å²) in [4.78, 5) is 0. The summed E-state index contributed by atoms with van der Waals surface area (Å²) in [6, 6.07) is 8.12. The molecule has 0 N–H and O–H groups in total. The molecule has 1 aromatic rings. The molecule has 0 saturated heterocycles. The summed E-state index contributed by atoms with van der Waals surface area (Å²) >= 11 is 0. The van der Waals surface area contributed by atoms with Crippen molar-refractivity contribution < 1.29 is 4.74 Å². The van der Waals surface area contributed by atoms with Crippen LogP contribution in [0.15, 0.2) is 36.9 Å². The maximum absolute atomic E-state index is 5.66. The molecule has 0 aliphatic heterocycles. The summed E-state index contributed by atoms with van der Waals surface area (Å²) in [5.41, 5.74) is 1.17. The van der Waals surface area contributed by atoms with Crippen LogP contribution in [0.25, 0.3) is 0 Å². The number of hydrogen-bond donors (Lipinski definition) is 0. The molecular formula is C14H19O. The molecular weight excluding hydrogens is 184 g/mol. The topological polar surface area (TPSA) is 9.23 Å². The molecule has 0 bridgehead atoms. The largest absolute Gasteiger partial charge is 0.493 e. The fraction of sp³-hybridized carbons (Fsp3) is 0.357. The van der Waals surface area contributed by atoms with Crippen molar-refractivity contribution in [2.75, 3.05) is 6.61 Å². The number of benzene rings is 1. The van der Waals surface area contributed by atoms with Crippen LogP contribution in [0.3, 0.4) is 0 Å². The van der Waals surface area contributed by atoms with E-state index in [9.17, 15) is 0 Å². The molecule has 1 nitrogen and oxygen atoms in total. The smallest absolute Gasteiger partial charge is 0.119 e. The number of rotatable bonds is 5. The van der Waals surface area contributed by atoms with Gasteiger partial charge in [0.2, 0.25) is 0 Å². The van der Waals surface area contributed by atoms with Gasteiger partial charge in [0.25, 0.3) is 0 Å². The maximum atomic E-state index is 5.66. The fourth-order valence-corrected chi connectivity index (χ4v) is 1.21. The Balaban J connectivity index is 2.69. The first-order chi connectivity index (χ1) is 7.13. The van der Waals surface area contributed by atoms with Gasteiger partial charge in [-0.1, -0.05) is 39.0 Å². The predicted octanol–water partition coefficient (Wildman–Crippen LogP) is 3.85. The van der Waals surface area contributed by atoms with Crippen molar-refractivity contribution in [2.24, 2.45) is 5.92 Å². The Labute approximate surface area is 92.8 Å². The lowest BCUT2D eigenvalue weighted by Crippen LogP contribution is -2.04. The molecule has 1 aromatic carbocycles. The summed E-state index contributed by atoms with van der Waals surface area (Å²) in [7, 11) is 0. The number of allylic oxidation sites excluding steroid dienone is 1. The third-order valence-electron chi connectivity index (χ3n) is 2.18. The van der Waals surface area contributed by atoms with Crippen LogP contribution < -0.4 is 4.74 Å². The molecule has 0 aliphatic rings. The Morgan fingerprint density at radius 2 is 2.20 bits per heavy atom. The summed E-state index contributed by atoms with van der Waals surface area (Å²) in [6.07, 6.45) is 1.86. The Morgan fingerprint density at radius 3 is 2.80 bits per heavy atom. The molecule has 0 atom stereocenters. The Hall–Kier alpha value is -1.24. The molecule has 0 amide bonds. The van der Waals surface area contributed by atoms with Crippen molar-refractivity contribution in [3.05, 3.63) is 48.4 Å². The second kappa shape index (κ2) is 5.59. The Morgan fingerprint density at radius 1 is 1.47 bits per heavy atom. The lowest BCUT2D eigenvalue weighted by atomic mass is 10.0. The van der Waals surface area contributed by atoms with Gasteiger partial charge >= 0.3 is 0 Å². The molecule has 15 heavy (non-hydrogen) atoms. The highest BCUT2D eigenvalue weighted by Crippen LogP contribution is 2.20. The van der Waals surface area contributed by atoms with Gasteiger partial charge in [-0.15, -0.1) is 6.58 Å². The highest BCUT2D eigenvalue weighted by atomic mass is 16.5. The Bertz CT molecular complexity index is 315. The first-order valence-corrected chi connectivity index (χ1v) is 5.32. The normalized spacial score (nSPS) is 10.7. The van der Waals surface area contributed by atoms with E-state index in [1.165, 1.54) is 11.5 Å². The zero-order valence-electron chi connectivity index (χ0n) is 9.79. The van der Waals surface area contributed by atoms with E-state index < -0.39 is 0 Å². The Kier molecular flexibility index (Phi) is 4.41. The van der Waals surface area contributed by atoms with Crippen LogP contribution in [0.4, 0.5) is 0 Å². The summed E-state index contributed by atoms with van der Waals surface area (Å²) in [5.74, 6) is 2.66. The van der Waals surface area contributed by atoms with Gasteiger partial charge in [-0.3, -0.25) is 0 Å². The van der Waals surface area contributed by atoms with Gasteiger partial charge in [-0.2, -0.15) is 0 Å². The summed E-state index contributed by atoms with van der Waals surface area (Å²) in [5, 5.41) is 0. The first-order valence-electron chi connectivity index (χ1n) is 5.32. The molecule has 1 radical (unpaired) electrons. The molecule has 1 rings (SSSR count). The molecule has 0 aromatic heterocycles. The van der Waals surface area contributed by atoms with Crippen LogP contribution in [0.2, 0.25) is 0 Å². The molecule has 0 unspecified atom stereocenters. The molecule has 0 heterocycles. The number of ether oxygens (including phenoxy) is 1. The average Bonchev–Trinajstić information content (AvgIpc) is 2.25. The van der Waals surface area contributed by atoms with Crippen LogP contribution in [-0.4, -0.2) is 6.61 Å². The lowest BCUT2D eigenvalue weighted by Gasteiger charge is -2.11. The van der Waals surface area contributed by atoms with E-state index in [-0.39, 0.29) is 0 Å². The van der Waals surface area contributed by atoms with Gasteiger partial charge in [-0.05, 0) is 23.6 Å². The fourth-order valence-electron chi connectivity index (χ4n) is 1.21. The van der Waals surface area contributed by atoms with Gasteiger partial charge < -0.3 is 4.74 Å². The van der Waals surface area contributed by atoms with Crippen molar-refractivity contribution in [1.29, 1.82) is 0 Å². The van der Waals surface area contributed by atoms with Crippen LogP contribution in [0, 0.1) is 11.8 Å². The maximum Gasteiger partial charge on any atom is 0.119 e. The monoisotopic (exact) mass is 203 g/mol. The van der Waals surface area contributed by atoms with Gasteiger partial charge in [-0.25, -0.2) is 0 Å². The van der Waals surface area contributed by atoms with E-state index in [0.29, 0.717) is 5.92 Å². The molecule has 0 fully saturated rings. The standard InChI is InChI=1S/C14H19O/c1-5-12(4)13-7-6-8-14(9-13)15-10-11(2)3/h5-9,11H,1,10H2,2-4H3. The van der Waals surface area contributed by atoms with E-state index in [1.54, 1.807) is 0 Å². The van der Waals surface area contributed by atoms with Crippen molar-refractivity contribution in [1.82, 2.24) is 0 Å². The summed E-state index contributed by atoms with van der Waals surface area (Å²) in [6.45, 7) is 10.9. The van der Waals surface area contributed by atoms with Crippen LogP contribution in [-0.2, 0) is 0 Å². The van der Waals surface area contributed by atoms with E-state index >= 15 is 0 Å². The minimum Gasteiger partial charge on any atom is -0.493 e. The van der Waals surface area contributed by atoms with E-state index in [2.05, 4.69) is 39.5 Å². The molecule has 0 spiro atoms. The minimum absolute atomic E-state index is 0.554. The van der Waals surface area contributed by atoms with Crippen molar-refractivity contribution in [3.63, 3.8) is 0 Å². The van der Waals surface area contributed by atoms with E-state index in [1.807, 2.05) is 18.2 Å². The van der Waals surface area contributed by atoms with Crippen LogP contribution >= 0.6 is 0 Å². The first kappa shape index (κ1) is 11.8. The zero-order chi connectivity index (χ0) is 11.3. The average molecular weight is 203 g/mol. The quantitative estimate of drug-likeness (QED) is 0.706. The highest BCUT2D eigenvalue weighted by Gasteiger charge is 2.03. The second-order valence-corrected chi connectivity index (χ2v) is 4.12. The number of hydrogen-bond acceptors (Lipinski definition) is 1. The van der Waals surface area contributed by atoms with Gasteiger partial charge in [0.15, 0.2) is 0 Å². The van der Waals surface area contributed by atoms with Gasteiger partial charge in [0.05, 0.1) is 6.61 Å². The van der Waals surface area contributed by atoms with E-state index in [4.69, 9.17) is 4.74 Å². The SMILES string of the molecule is C=C[C](C)c1cccc(OCC(C)C)c1. The predicted molar refractivity (Wildman–Crippen MR) is 65.0 cm³/mol. The van der Waals surface area contributed by atoms with Crippen molar-refractivity contribution in [2.45, 2.75) is 20.8 Å². The third kappa shape index (κ3) is 3.78. The minimum atomic E-state index is 0.554. The van der Waals surface area contributed by atoms with Gasteiger partial charge in [0.1, 0.15) is 5.75 Å². The van der Waals surface area contributed by atoms with Crippen molar-refractivity contribution in [3.8, 4) is 5.75 Å². The lowest BCUT2D eigenvalue weighted by molar-refractivity contribution is 0.271. The van der Waals surface area contributed by atoms with E-state index in [0.717, 1.165) is 12.4 Å². The van der Waals surface area contributed by atoms with Gasteiger partial charge in [0, 0.05) is 5.92 Å². The highest BCUT2D eigenvalue weighted by molar-refractivity contribution is 5.40. The van der Waals surface area contributed by atoms with Crippen molar-refractivity contribution >= 4 is 0 Å². The molecule has 81 valence electrons. The second-order valence-electron chi connectivity index (χ2n) is 4.12. The molecule has 0 aliphatic carbocycles. The third-order valence-corrected chi connectivity index (χ3v) is 2.18.